The standard InChI is InChI=1S/C18H17Cl2N3O4/c1-10(27-16-8-5-13(19)9-15(16)20)17(25)22-23-18(26)12-3-6-14(7-4-12)21-11(2)24/h3-10H,1-2H3,(H,21,24)(H,22,25)(H,23,26)/t10-/m0/s1. The number of carbonyl (C=O) groups excluding carboxylic acids is 3. The van der Waals surface area contributed by atoms with Crippen LogP contribution in [-0.4, -0.2) is 23.8 Å². The van der Waals surface area contributed by atoms with E-state index in [9.17, 15) is 14.4 Å². The molecule has 1 atom stereocenters. The molecular formula is C18H17Cl2N3O4. The van der Waals surface area contributed by atoms with Crippen molar-refractivity contribution in [3.8, 4) is 5.75 Å². The highest BCUT2D eigenvalue weighted by Gasteiger charge is 2.17. The molecule has 27 heavy (non-hydrogen) atoms. The lowest BCUT2D eigenvalue weighted by atomic mass is 10.2. The van der Waals surface area contributed by atoms with Crippen molar-refractivity contribution in [1.29, 1.82) is 0 Å². The Morgan fingerprint density at radius 3 is 2.26 bits per heavy atom. The number of carbonyl (C=O) groups is 3. The molecule has 2 aromatic rings. The Bertz CT molecular complexity index is 856. The molecule has 2 rings (SSSR count). The van der Waals surface area contributed by atoms with E-state index in [-0.39, 0.29) is 10.9 Å². The predicted molar refractivity (Wildman–Crippen MR) is 103 cm³/mol. The van der Waals surface area contributed by atoms with Gasteiger partial charge in [0.1, 0.15) is 5.75 Å². The second-order valence-electron chi connectivity index (χ2n) is 5.54. The Morgan fingerprint density at radius 1 is 1.00 bits per heavy atom. The van der Waals surface area contributed by atoms with Gasteiger partial charge in [-0.3, -0.25) is 25.2 Å². The number of hydrazine groups is 1. The minimum absolute atomic E-state index is 0.214. The Kier molecular flexibility index (Phi) is 7.04. The summed E-state index contributed by atoms with van der Waals surface area (Å²) in [5, 5.41) is 3.31. The first kappa shape index (κ1) is 20.5. The topological polar surface area (TPSA) is 96.5 Å². The van der Waals surface area contributed by atoms with Crippen molar-refractivity contribution in [3.63, 3.8) is 0 Å². The SMILES string of the molecule is CC(=O)Nc1ccc(C(=O)NNC(=O)[C@H](C)Oc2ccc(Cl)cc2Cl)cc1. The highest BCUT2D eigenvalue weighted by Crippen LogP contribution is 2.28. The molecule has 142 valence electrons. The Balaban J connectivity index is 1.88. The summed E-state index contributed by atoms with van der Waals surface area (Å²) in [6, 6.07) is 10.8. The zero-order chi connectivity index (χ0) is 20.0. The van der Waals surface area contributed by atoms with E-state index in [1.165, 1.54) is 32.0 Å². The van der Waals surface area contributed by atoms with Crippen molar-refractivity contribution in [3.05, 3.63) is 58.1 Å². The number of nitrogens with one attached hydrogen (secondary N) is 3. The van der Waals surface area contributed by atoms with Gasteiger partial charge in [-0.05, 0) is 49.4 Å². The van der Waals surface area contributed by atoms with Crippen LogP contribution >= 0.6 is 23.2 Å². The monoisotopic (exact) mass is 409 g/mol. The molecule has 0 spiro atoms. The number of rotatable bonds is 5. The third kappa shape index (κ3) is 6.16. The van der Waals surface area contributed by atoms with Gasteiger partial charge >= 0.3 is 0 Å². The largest absolute Gasteiger partial charge is 0.479 e. The van der Waals surface area contributed by atoms with Crippen LogP contribution in [0.15, 0.2) is 42.5 Å². The zero-order valence-corrected chi connectivity index (χ0v) is 16.0. The average molecular weight is 410 g/mol. The van der Waals surface area contributed by atoms with E-state index in [1.807, 2.05) is 0 Å². The number of benzene rings is 2. The molecule has 3 N–H and O–H groups in total. The Hall–Kier alpha value is -2.77. The summed E-state index contributed by atoms with van der Waals surface area (Å²) in [5.41, 5.74) is 5.43. The first-order valence-corrected chi connectivity index (χ1v) is 8.61. The maximum atomic E-state index is 12.1. The van der Waals surface area contributed by atoms with Crippen LogP contribution in [0.4, 0.5) is 5.69 Å². The van der Waals surface area contributed by atoms with Gasteiger partial charge in [-0.25, -0.2) is 0 Å². The van der Waals surface area contributed by atoms with E-state index in [2.05, 4.69) is 16.2 Å². The summed E-state index contributed by atoms with van der Waals surface area (Å²) in [6.07, 6.45) is -0.911. The van der Waals surface area contributed by atoms with Gasteiger partial charge in [0.2, 0.25) is 5.91 Å². The third-order valence-corrected chi connectivity index (χ3v) is 3.86. The molecule has 0 aliphatic rings. The predicted octanol–water partition coefficient (Wildman–Crippen LogP) is 3.18. The number of hydrogen-bond acceptors (Lipinski definition) is 4. The lowest BCUT2D eigenvalue weighted by molar-refractivity contribution is -0.128. The van der Waals surface area contributed by atoms with Crippen molar-refractivity contribution in [2.75, 3.05) is 5.32 Å². The fraction of sp³-hybridized carbons (Fsp3) is 0.167. The van der Waals surface area contributed by atoms with Crippen LogP contribution in [0.3, 0.4) is 0 Å². The number of halogens is 2. The second-order valence-corrected chi connectivity index (χ2v) is 6.38. The quantitative estimate of drug-likeness (QED) is 0.660. The summed E-state index contributed by atoms with van der Waals surface area (Å²) < 4.78 is 5.46. The summed E-state index contributed by atoms with van der Waals surface area (Å²) in [6.45, 7) is 2.89. The van der Waals surface area contributed by atoms with Gasteiger partial charge in [0.25, 0.3) is 11.8 Å². The molecule has 0 bridgehead atoms. The van der Waals surface area contributed by atoms with Gasteiger partial charge in [0.15, 0.2) is 6.10 Å². The molecule has 0 fully saturated rings. The number of hydrogen-bond donors (Lipinski definition) is 3. The molecule has 0 aliphatic carbocycles. The highest BCUT2D eigenvalue weighted by molar-refractivity contribution is 6.35. The molecular weight excluding hydrogens is 393 g/mol. The van der Waals surface area contributed by atoms with Gasteiger partial charge in [-0.1, -0.05) is 23.2 Å². The fourth-order valence-electron chi connectivity index (χ4n) is 2.02. The van der Waals surface area contributed by atoms with Crippen molar-refractivity contribution in [2.45, 2.75) is 20.0 Å². The van der Waals surface area contributed by atoms with E-state index < -0.39 is 17.9 Å². The molecule has 0 radical (unpaired) electrons. The second kappa shape index (κ2) is 9.25. The molecule has 2 aromatic carbocycles. The third-order valence-electron chi connectivity index (χ3n) is 3.33. The van der Waals surface area contributed by atoms with Crippen LogP contribution in [0.5, 0.6) is 5.75 Å². The van der Waals surface area contributed by atoms with Crippen LogP contribution in [0, 0.1) is 0 Å². The number of ether oxygens (including phenoxy) is 1. The van der Waals surface area contributed by atoms with Crippen molar-refractivity contribution >= 4 is 46.6 Å². The minimum atomic E-state index is -0.911. The van der Waals surface area contributed by atoms with Crippen LogP contribution in [-0.2, 0) is 9.59 Å². The van der Waals surface area contributed by atoms with Gasteiger partial charge in [-0.15, -0.1) is 0 Å². The molecule has 0 saturated carbocycles. The van der Waals surface area contributed by atoms with Crippen LogP contribution < -0.4 is 20.9 Å². The molecule has 3 amide bonds. The molecule has 0 saturated heterocycles. The molecule has 0 aliphatic heterocycles. The van der Waals surface area contributed by atoms with Gasteiger partial charge in [-0.2, -0.15) is 0 Å². The van der Waals surface area contributed by atoms with Crippen molar-refractivity contribution in [2.24, 2.45) is 0 Å². The van der Waals surface area contributed by atoms with Crippen LogP contribution in [0.1, 0.15) is 24.2 Å². The molecule has 0 aromatic heterocycles. The van der Waals surface area contributed by atoms with Gasteiger partial charge in [0, 0.05) is 23.2 Å². The summed E-state index contributed by atoms with van der Waals surface area (Å²) in [4.78, 5) is 35.1. The lowest BCUT2D eigenvalue weighted by Gasteiger charge is -2.16. The highest BCUT2D eigenvalue weighted by atomic mass is 35.5. The maximum Gasteiger partial charge on any atom is 0.279 e. The Morgan fingerprint density at radius 2 is 1.67 bits per heavy atom. The van der Waals surface area contributed by atoms with Crippen molar-refractivity contribution in [1.82, 2.24) is 10.9 Å². The van der Waals surface area contributed by atoms with Crippen LogP contribution in [0.2, 0.25) is 10.0 Å². The first-order valence-electron chi connectivity index (χ1n) is 7.86. The molecule has 7 nitrogen and oxygen atoms in total. The molecule has 9 heteroatoms. The summed E-state index contributed by atoms with van der Waals surface area (Å²) in [7, 11) is 0. The Labute approximate surface area is 166 Å². The summed E-state index contributed by atoms with van der Waals surface area (Å²) >= 11 is 11.8. The molecule has 0 heterocycles. The average Bonchev–Trinajstić information content (AvgIpc) is 2.61. The smallest absolute Gasteiger partial charge is 0.279 e. The van der Waals surface area contributed by atoms with Gasteiger partial charge in [0.05, 0.1) is 5.02 Å². The minimum Gasteiger partial charge on any atom is -0.479 e. The summed E-state index contributed by atoms with van der Waals surface area (Å²) in [5.74, 6) is -1.00. The fourth-order valence-corrected chi connectivity index (χ4v) is 2.47. The van der Waals surface area contributed by atoms with E-state index in [1.54, 1.807) is 24.3 Å². The molecule has 0 unspecified atom stereocenters. The normalized spacial score (nSPS) is 11.3. The van der Waals surface area contributed by atoms with E-state index >= 15 is 0 Å². The number of amides is 3. The maximum absolute atomic E-state index is 12.1. The van der Waals surface area contributed by atoms with E-state index in [0.717, 1.165) is 0 Å². The first-order chi connectivity index (χ1) is 12.8. The number of anilines is 1. The van der Waals surface area contributed by atoms with E-state index in [4.69, 9.17) is 27.9 Å². The van der Waals surface area contributed by atoms with Crippen molar-refractivity contribution < 1.29 is 19.1 Å². The zero-order valence-electron chi connectivity index (χ0n) is 14.5. The lowest BCUT2D eigenvalue weighted by Crippen LogP contribution is -2.47. The van der Waals surface area contributed by atoms with Gasteiger partial charge < -0.3 is 10.1 Å². The van der Waals surface area contributed by atoms with Crippen LogP contribution in [0.25, 0.3) is 0 Å². The van der Waals surface area contributed by atoms with E-state index in [0.29, 0.717) is 22.0 Å².